The predicted octanol–water partition coefficient (Wildman–Crippen LogP) is 8.63. The maximum atomic E-state index is 14.0. The van der Waals surface area contributed by atoms with Gasteiger partial charge in [-0.25, -0.2) is 4.39 Å². The summed E-state index contributed by atoms with van der Waals surface area (Å²) < 4.78 is 42.6. The summed E-state index contributed by atoms with van der Waals surface area (Å²) in [5.41, 5.74) is -1.87. The molecule has 0 aromatic carbocycles. The smallest absolute Gasteiger partial charge is 0.299 e. The van der Waals surface area contributed by atoms with E-state index in [9.17, 15) is 12.8 Å². The second-order valence-electron chi connectivity index (χ2n) is 8.52. The van der Waals surface area contributed by atoms with Gasteiger partial charge in [-0.15, -0.1) is 0 Å². The summed E-state index contributed by atoms with van der Waals surface area (Å²) in [5, 5.41) is 0. The molecular weight excluding hydrogens is 401 g/mol. The van der Waals surface area contributed by atoms with Gasteiger partial charge in [0.25, 0.3) is 10.1 Å². The second kappa shape index (κ2) is 23.5. The van der Waals surface area contributed by atoms with Crippen molar-refractivity contribution in [3.05, 3.63) is 0 Å². The van der Waals surface area contributed by atoms with E-state index in [1.165, 1.54) is 83.5 Å². The van der Waals surface area contributed by atoms with Gasteiger partial charge in [0.2, 0.25) is 5.50 Å². The van der Waals surface area contributed by atoms with Crippen LogP contribution in [0.3, 0.4) is 0 Å². The van der Waals surface area contributed by atoms with Crippen molar-refractivity contribution in [1.82, 2.24) is 6.15 Å². The van der Waals surface area contributed by atoms with Crippen LogP contribution in [0, 0.1) is 0 Å². The first kappa shape index (κ1) is 32.0. The maximum Gasteiger partial charge on any atom is 0.299 e. The number of rotatable bonds is 23. The molecular formula is C24H52FNO3S. The molecule has 6 heteroatoms. The van der Waals surface area contributed by atoms with Gasteiger partial charge in [-0.05, 0) is 19.3 Å². The van der Waals surface area contributed by atoms with Gasteiger partial charge in [-0.1, -0.05) is 123 Å². The lowest BCUT2D eigenvalue weighted by Gasteiger charge is -2.10. The third-order valence-corrected chi connectivity index (χ3v) is 6.95. The first-order chi connectivity index (χ1) is 14.0. The number of alkyl halides is 1. The molecule has 1 unspecified atom stereocenters. The molecule has 0 aliphatic heterocycles. The Morgan fingerprint density at radius 1 is 0.600 bits per heavy atom. The van der Waals surface area contributed by atoms with Crippen molar-refractivity contribution in [3.8, 4) is 0 Å². The van der Waals surface area contributed by atoms with Crippen LogP contribution in [0.2, 0.25) is 0 Å². The molecule has 184 valence electrons. The molecule has 4 nitrogen and oxygen atoms in total. The molecule has 0 saturated heterocycles. The third-order valence-electron chi connectivity index (χ3n) is 5.59. The summed E-state index contributed by atoms with van der Waals surface area (Å²) in [7, 11) is -4.04. The van der Waals surface area contributed by atoms with Crippen LogP contribution < -0.4 is 6.15 Å². The normalized spacial score (nSPS) is 12.6. The molecule has 0 aromatic rings. The zero-order chi connectivity index (χ0) is 21.6. The molecule has 0 rings (SSSR count). The van der Waals surface area contributed by atoms with E-state index in [0.29, 0.717) is 12.8 Å². The molecule has 1 atom stereocenters. The molecule has 0 fully saturated rings. The van der Waals surface area contributed by atoms with Gasteiger partial charge in [-0.3, -0.25) is 4.18 Å². The van der Waals surface area contributed by atoms with E-state index in [-0.39, 0.29) is 19.2 Å². The first-order valence-corrected chi connectivity index (χ1v) is 14.0. The van der Waals surface area contributed by atoms with Crippen LogP contribution in [0.15, 0.2) is 0 Å². The van der Waals surface area contributed by atoms with Crippen LogP contribution in [-0.2, 0) is 14.3 Å². The molecule has 0 radical (unpaired) electrons. The number of halogens is 1. The quantitative estimate of drug-likeness (QED) is 0.124. The zero-order valence-corrected chi connectivity index (χ0v) is 21.0. The van der Waals surface area contributed by atoms with E-state index in [2.05, 4.69) is 13.8 Å². The maximum absolute atomic E-state index is 14.0. The Bertz CT molecular complexity index is 432. The number of unbranched alkanes of at least 4 members (excludes halogenated alkanes) is 17. The standard InChI is InChI=1S/C24H49FO3S.H3N/c1-3-5-7-9-11-13-14-15-17-19-21-23-28-29(26,27)24(25)22-20-18-16-12-10-8-6-4-2;/h24H,3-23H2,1-2H3;1H3. The average molecular weight is 454 g/mol. The summed E-state index contributed by atoms with van der Waals surface area (Å²) in [6.07, 6.45) is 22.0. The summed E-state index contributed by atoms with van der Waals surface area (Å²) >= 11 is 0. The summed E-state index contributed by atoms with van der Waals surface area (Å²) in [4.78, 5) is 0. The molecule has 0 amide bonds. The molecule has 30 heavy (non-hydrogen) atoms. The molecule has 0 bridgehead atoms. The number of hydrogen-bond acceptors (Lipinski definition) is 4. The highest BCUT2D eigenvalue weighted by atomic mass is 32.2. The van der Waals surface area contributed by atoms with Crippen molar-refractivity contribution in [1.29, 1.82) is 0 Å². The minimum atomic E-state index is -4.04. The third kappa shape index (κ3) is 21.0. The van der Waals surface area contributed by atoms with E-state index in [1.807, 2.05) is 0 Å². The van der Waals surface area contributed by atoms with E-state index in [0.717, 1.165) is 25.7 Å². The lowest BCUT2D eigenvalue weighted by atomic mass is 10.1. The van der Waals surface area contributed by atoms with Crippen molar-refractivity contribution in [2.75, 3.05) is 6.61 Å². The lowest BCUT2D eigenvalue weighted by Crippen LogP contribution is -2.19. The van der Waals surface area contributed by atoms with Gasteiger partial charge in [-0.2, -0.15) is 8.42 Å². The van der Waals surface area contributed by atoms with E-state index >= 15 is 0 Å². The fraction of sp³-hybridized carbons (Fsp3) is 1.00. The Morgan fingerprint density at radius 2 is 0.933 bits per heavy atom. The molecule has 0 aliphatic carbocycles. The molecule has 0 aliphatic rings. The van der Waals surface area contributed by atoms with E-state index in [4.69, 9.17) is 4.18 Å². The van der Waals surface area contributed by atoms with Crippen molar-refractivity contribution in [3.63, 3.8) is 0 Å². The molecule has 0 aromatic heterocycles. The Balaban J connectivity index is 0. The van der Waals surface area contributed by atoms with Crippen LogP contribution in [0.5, 0.6) is 0 Å². The number of hydrogen-bond donors (Lipinski definition) is 1. The van der Waals surface area contributed by atoms with Gasteiger partial charge in [0.1, 0.15) is 0 Å². The van der Waals surface area contributed by atoms with Crippen molar-refractivity contribution in [2.24, 2.45) is 0 Å². The van der Waals surface area contributed by atoms with Crippen LogP contribution >= 0.6 is 0 Å². The monoisotopic (exact) mass is 453 g/mol. The SMILES string of the molecule is CCCCCCCCCCCCCOS(=O)(=O)C(F)CCCCCCCCCC.N. The Morgan fingerprint density at radius 3 is 1.33 bits per heavy atom. The molecule has 0 heterocycles. The second-order valence-corrected chi connectivity index (χ2v) is 10.3. The highest BCUT2D eigenvalue weighted by Gasteiger charge is 2.25. The fourth-order valence-corrected chi connectivity index (χ4v) is 4.55. The van der Waals surface area contributed by atoms with E-state index < -0.39 is 15.6 Å². The highest BCUT2D eigenvalue weighted by molar-refractivity contribution is 7.87. The van der Waals surface area contributed by atoms with Gasteiger partial charge in [0, 0.05) is 0 Å². The van der Waals surface area contributed by atoms with Crippen LogP contribution in [0.1, 0.15) is 142 Å². The van der Waals surface area contributed by atoms with Gasteiger partial charge in [0.05, 0.1) is 6.61 Å². The Labute approximate surface area is 187 Å². The molecule has 0 saturated carbocycles. The lowest BCUT2D eigenvalue weighted by molar-refractivity contribution is 0.270. The Kier molecular flexibility index (Phi) is 25.0. The van der Waals surface area contributed by atoms with Crippen LogP contribution in [0.4, 0.5) is 4.39 Å². The van der Waals surface area contributed by atoms with Crippen LogP contribution in [-0.4, -0.2) is 20.5 Å². The van der Waals surface area contributed by atoms with Crippen molar-refractivity contribution < 1.29 is 17.0 Å². The van der Waals surface area contributed by atoms with Crippen molar-refractivity contribution >= 4 is 10.1 Å². The molecule has 3 N–H and O–H groups in total. The summed E-state index contributed by atoms with van der Waals surface area (Å²) in [6.45, 7) is 4.55. The minimum Gasteiger partial charge on any atom is -0.344 e. The predicted molar refractivity (Wildman–Crippen MR) is 128 cm³/mol. The summed E-state index contributed by atoms with van der Waals surface area (Å²) in [6, 6.07) is 0. The topological polar surface area (TPSA) is 78.4 Å². The first-order valence-electron chi connectivity index (χ1n) is 12.6. The minimum absolute atomic E-state index is 0. The van der Waals surface area contributed by atoms with E-state index in [1.54, 1.807) is 0 Å². The molecule has 0 spiro atoms. The summed E-state index contributed by atoms with van der Waals surface area (Å²) in [5.74, 6) is 0. The van der Waals surface area contributed by atoms with Crippen LogP contribution in [0.25, 0.3) is 0 Å². The van der Waals surface area contributed by atoms with Crippen molar-refractivity contribution in [2.45, 2.75) is 148 Å². The van der Waals surface area contributed by atoms with Gasteiger partial charge < -0.3 is 6.15 Å². The largest absolute Gasteiger partial charge is 0.344 e. The van der Waals surface area contributed by atoms with Gasteiger partial charge >= 0.3 is 0 Å². The van der Waals surface area contributed by atoms with Gasteiger partial charge in [0.15, 0.2) is 0 Å². The average Bonchev–Trinajstić information content (AvgIpc) is 2.70. The Hall–Kier alpha value is -0.200. The zero-order valence-electron chi connectivity index (χ0n) is 20.1. The fourth-order valence-electron chi connectivity index (χ4n) is 3.60. The highest BCUT2D eigenvalue weighted by Crippen LogP contribution is 2.17.